The Morgan fingerprint density at radius 3 is 2.71 bits per heavy atom. The standard InChI is InChI=1S/C15H19N3O2S/c1-2-6-17-7-8-18(15(20)14(17)19)10-13-9-12(11-21-13)4-3-5-16/h9,11H,2,5-8,10,16H2,1H3. The first kappa shape index (κ1) is 15.5. The molecule has 2 amide bonds. The van der Waals surface area contributed by atoms with Crippen molar-refractivity contribution in [1.29, 1.82) is 0 Å². The lowest BCUT2D eigenvalue weighted by molar-refractivity contribution is -0.156. The second kappa shape index (κ2) is 7.25. The number of hydrogen-bond acceptors (Lipinski definition) is 4. The number of nitrogens with zero attached hydrogens (tertiary/aromatic N) is 2. The quantitative estimate of drug-likeness (QED) is 0.656. The third kappa shape index (κ3) is 3.84. The molecule has 0 saturated carbocycles. The van der Waals surface area contributed by atoms with Gasteiger partial charge < -0.3 is 15.5 Å². The fourth-order valence-electron chi connectivity index (χ4n) is 2.22. The lowest BCUT2D eigenvalue weighted by Gasteiger charge is -2.33. The lowest BCUT2D eigenvalue weighted by atomic mass is 10.2. The van der Waals surface area contributed by atoms with Crippen LogP contribution in [0.25, 0.3) is 0 Å². The molecule has 0 aliphatic carbocycles. The average molecular weight is 305 g/mol. The van der Waals surface area contributed by atoms with Gasteiger partial charge in [-0.3, -0.25) is 9.59 Å². The summed E-state index contributed by atoms with van der Waals surface area (Å²) in [4.78, 5) is 28.3. The van der Waals surface area contributed by atoms with Gasteiger partial charge in [0.15, 0.2) is 0 Å². The summed E-state index contributed by atoms with van der Waals surface area (Å²) >= 11 is 1.55. The SMILES string of the molecule is CCCN1CCN(Cc2cc(C#CCN)cs2)C(=O)C1=O. The molecule has 0 unspecified atom stereocenters. The highest BCUT2D eigenvalue weighted by molar-refractivity contribution is 7.10. The van der Waals surface area contributed by atoms with Crippen LogP contribution in [0.15, 0.2) is 11.4 Å². The number of piperazine rings is 1. The molecule has 2 N–H and O–H groups in total. The molecule has 2 heterocycles. The third-order valence-corrected chi connectivity index (χ3v) is 4.15. The van der Waals surface area contributed by atoms with Gasteiger partial charge in [-0.05, 0) is 12.5 Å². The molecular weight excluding hydrogens is 286 g/mol. The van der Waals surface area contributed by atoms with Crippen molar-refractivity contribution in [3.8, 4) is 11.8 Å². The molecule has 2 rings (SSSR count). The van der Waals surface area contributed by atoms with Crippen LogP contribution in [0.5, 0.6) is 0 Å². The molecule has 1 fully saturated rings. The minimum Gasteiger partial charge on any atom is -0.333 e. The summed E-state index contributed by atoms with van der Waals surface area (Å²) in [7, 11) is 0. The molecule has 6 heteroatoms. The molecule has 5 nitrogen and oxygen atoms in total. The normalized spacial score (nSPS) is 15.1. The van der Waals surface area contributed by atoms with E-state index in [2.05, 4.69) is 11.8 Å². The highest BCUT2D eigenvalue weighted by Gasteiger charge is 2.31. The predicted molar refractivity (Wildman–Crippen MR) is 82.5 cm³/mol. The number of nitrogens with two attached hydrogens (primary N) is 1. The topological polar surface area (TPSA) is 66.6 Å². The van der Waals surface area contributed by atoms with E-state index < -0.39 is 5.91 Å². The summed E-state index contributed by atoms with van der Waals surface area (Å²) in [6, 6.07) is 1.95. The maximum absolute atomic E-state index is 12.1. The van der Waals surface area contributed by atoms with Gasteiger partial charge in [-0.2, -0.15) is 0 Å². The molecule has 0 spiro atoms. The van der Waals surface area contributed by atoms with Crippen molar-refractivity contribution in [3.05, 3.63) is 21.9 Å². The Balaban J connectivity index is 1.99. The van der Waals surface area contributed by atoms with Crippen LogP contribution < -0.4 is 5.73 Å². The van der Waals surface area contributed by atoms with Gasteiger partial charge in [0.25, 0.3) is 0 Å². The van der Waals surface area contributed by atoms with Gasteiger partial charge in [0.05, 0.1) is 13.1 Å². The average Bonchev–Trinajstić information content (AvgIpc) is 2.92. The van der Waals surface area contributed by atoms with E-state index in [-0.39, 0.29) is 5.91 Å². The van der Waals surface area contributed by atoms with E-state index in [1.165, 1.54) is 0 Å². The number of carbonyl (C=O) groups is 2. The molecule has 0 bridgehead atoms. The molecule has 1 aliphatic rings. The maximum atomic E-state index is 12.1. The van der Waals surface area contributed by atoms with E-state index in [4.69, 9.17) is 5.73 Å². The molecule has 21 heavy (non-hydrogen) atoms. The fourth-order valence-corrected chi connectivity index (χ4v) is 3.05. The maximum Gasteiger partial charge on any atom is 0.312 e. The van der Waals surface area contributed by atoms with Crippen molar-refractivity contribution in [2.45, 2.75) is 19.9 Å². The number of rotatable bonds is 4. The highest BCUT2D eigenvalue weighted by atomic mass is 32.1. The van der Waals surface area contributed by atoms with Gasteiger partial charge in [-0.1, -0.05) is 18.8 Å². The van der Waals surface area contributed by atoms with Crippen molar-refractivity contribution in [1.82, 2.24) is 9.80 Å². The minimum atomic E-state index is -0.405. The molecule has 1 aromatic heterocycles. The molecule has 1 aromatic rings. The number of thiophene rings is 1. The van der Waals surface area contributed by atoms with Gasteiger partial charge >= 0.3 is 11.8 Å². The van der Waals surface area contributed by atoms with Crippen LogP contribution >= 0.6 is 11.3 Å². The molecule has 1 saturated heterocycles. The molecule has 0 atom stereocenters. The Bertz CT molecular complexity index is 585. The fraction of sp³-hybridized carbons (Fsp3) is 0.467. The van der Waals surface area contributed by atoms with Gasteiger partial charge in [0, 0.05) is 35.5 Å². The zero-order valence-corrected chi connectivity index (χ0v) is 12.9. The molecular formula is C15H19N3O2S. The Morgan fingerprint density at radius 1 is 1.29 bits per heavy atom. The minimum absolute atomic E-state index is 0.331. The number of hydrogen-bond donors (Lipinski definition) is 1. The largest absolute Gasteiger partial charge is 0.333 e. The van der Waals surface area contributed by atoms with Crippen LogP contribution in [0.3, 0.4) is 0 Å². The summed E-state index contributed by atoms with van der Waals surface area (Å²) in [5, 5.41) is 1.94. The summed E-state index contributed by atoms with van der Waals surface area (Å²) in [6.07, 6.45) is 0.868. The van der Waals surface area contributed by atoms with Crippen LogP contribution in [0.1, 0.15) is 23.8 Å². The van der Waals surface area contributed by atoms with Gasteiger partial charge in [-0.25, -0.2) is 0 Å². The van der Waals surface area contributed by atoms with Gasteiger partial charge in [0.1, 0.15) is 0 Å². The molecule has 0 aromatic carbocycles. The van der Waals surface area contributed by atoms with Crippen molar-refractivity contribution < 1.29 is 9.59 Å². The summed E-state index contributed by atoms with van der Waals surface area (Å²) < 4.78 is 0. The van der Waals surface area contributed by atoms with Crippen LogP contribution in [0, 0.1) is 11.8 Å². The van der Waals surface area contributed by atoms with E-state index in [0.29, 0.717) is 32.7 Å². The highest BCUT2D eigenvalue weighted by Crippen LogP contribution is 2.18. The van der Waals surface area contributed by atoms with Crippen LogP contribution in [0.4, 0.5) is 0 Å². The van der Waals surface area contributed by atoms with Crippen LogP contribution in [-0.4, -0.2) is 47.8 Å². The van der Waals surface area contributed by atoms with E-state index in [1.807, 2.05) is 18.4 Å². The summed E-state index contributed by atoms with van der Waals surface area (Å²) in [6.45, 7) is 4.66. The van der Waals surface area contributed by atoms with E-state index in [1.54, 1.807) is 21.1 Å². The summed E-state index contributed by atoms with van der Waals surface area (Å²) in [5.74, 6) is 4.97. The van der Waals surface area contributed by atoms with Crippen LogP contribution in [-0.2, 0) is 16.1 Å². The third-order valence-electron chi connectivity index (χ3n) is 3.23. The first-order valence-corrected chi connectivity index (χ1v) is 7.88. The Morgan fingerprint density at radius 2 is 2.00 bits per heavy atom. The van der Waals surface area contributed by atoms with E-state index >= 15 is 0 Å². The smallest absolute Gasteiger partial charge is 0.312 e. The van der Waals surface area contributed by atoms with E-state index in [0.717, 1.165) is 16.9 Å². The predicted octanol–water partition coefficient (Wildman–Crippen LogP) is 0.639. The second-order valence-corrected chi connectivity index (χ2v) is 5.82. The Labute approximate surface area is 128 Å². The van der Waals surface area contributed by atoms with Crippen molar-refractivity contribution in [2.75, 3.05) is 26.2 Å². The second-order valence-electron chi connectivity index (χ2n) is 4.83. The van der Waals surface area contributed by atoms with Gasteiger partial charge in [0.2, 0.25) is 0 Å². The number of carbonyl (C=O) groups excluding carboxylic acids is 2. The van der Waals surface area contributed by atoms with Crippen molar-refractivity contribution >= 4 is 23.2 Å². The van der Waals surface area contributed by atoms with Crippen LogP contribution in [0.2, 0.25) is 0 Å². The van der Waals surface area contributed by atoms with Gasteiger partial charge in [-0.15, -0.1) is 11.3 Å². The number of amides is 2. The monoisotopic (exact) mass is 305 g/mol. The zero-order chi connectivity index (χ0) is 15.2. The van der Waals surface area contributed by atoms with Crippen molar-refractivity contribution in [2.24, 2.45) is 5.73 Å². The summed E-state index contributed by atoms with van der Waals surface area (Å²) in [5.41, 5.74) is 6.24. The Hall–Kier alpha value is -1.84. The first-order valence-electron chi connectivity index (χ1n) is 7.00. The molecule has 0 radical (unpaired) electrons. The first-order chi connectivity index (χ1) is 10.2. The van der Waals surface area contributed by atoms with Crippen molar-refractivity contribution in [3.63, 3.8) is 0 Å². The lowest BCUT2D eigenvalue weighted by Crippen LogP contribution is -2.53. The zero-order valence-electron chi connectivity index (χ0n) is 12.1. The Kier molecular flexibility index (Phi) is 5.37. The van der Waals surface area contributed by atoms with E-state index in [9.17, 15) is 9.59 Å². The molecule has 112 valence electrons. The molecule has 1 aliphatic heterocycles.